The van der Waals surface area contributed by atoms with Gasteiger partial charge in [0.1, 0.15) is 0 Å². The summed E-state index contributed by atoms with van der Waals surface area (Å²) in [5, 5.41) is 2.93. The van der Waals surface area contributed by atoms with Crippen molar-refractivity contribution in [3.63, 3.8) is 0 Å². The van der Waals surface area contributed by atoms with Crippen molar-refractivity contribution < 1.29 is 17.9 Å². The molecule has 1 aromatic rings. The highest BCUT2D eigenvalue weighted by Gasteiger charge is 2.24. The predicted molar refractivity (Wildman–Crippen MR) is 78.0 cm³/mol. The second kappa shape index (κ2) is 6.92. The largest absolute Gasteiger partial charge is 0.493 e. The molecule has 20 heavy (non-hydrogen) atoms. The van der Waals surface area contributed by atoms with Crippen molar-refractivity contribution in [2.24, 2.45) is 0 Å². The molecule has 0 saturated carbocycles. The molecule has 1 N–H and O–H groups in total. The molecule has 6 nitrogen and oxygen atoms in total. The molecule has 0 fully saturated rings. The van der Waals surface area contributed by atoms with E-state index in [0.29, 0.717) is 30.2 Å². The number of aryl methyl sites for hydroxylation is 1. The topological polar surface area (TPSA) is 67.9 Å². The molecule has 0 atom stereocenters. The van der Waals surface area contributed by atoms with Crippen LogP contribution >= 0.6 is 0 Å². The number of methoxy groups -OCH3 is 2. The quantitative estimate of drug-likeness (QED) is 0.809. The van der Waals surface area contributed by atoms with Crippen molar-refractivity contribution in [3.8, 4) is 11.5 Å². The fourth-order valence-electron chi connectivity index (χ4n) is 1.80. The zero-order chi connectivity index (χ0) is 15.3. The number of rotatable bonds is 7. The van der Waals surface area contributed by atoms with Gasteiger partial charge in [0.05, 0.1) is 19.1 Å². The van der Waals surface area contributed by atoms with Crippen LogP contribution in [0.15, 0.2) is 17.0 Å². The maximum atomic E-state index is 12.5. The number of hydrogen-bond acceptors (Lipinski definition) is 5. The third-order valence-corrected chi connectivity index (χ3v) is 5.04. The third kappa shape index (κ3) is 3.41. The van der Waals surface area contributed by atoms with Gasteiger partial charge in [0.15, 0.2) is 11.5 Å². The summed E-state index contributed by atoms with van der Waals surface area (Å²) in [6.07, 6.45) is 0. The van der Waals surface area contributed by atoms with Crippen LogP contribution in [0.25, 0.3) is 0 Å². The van der Waals surface area contributed by atoms with Crippen LogP contribution < -0.4 is 14.8 Å². The molecule has 0 aromatic heterocycles. The zero-order valence-corrected chi connectivity index (χ0v) is 13.4. The number of likely N-dealkylation sites (N-methyl/N-ethyl adjacent to an activating group) is 2. The van der Waals surface area contributed by atoms with Crippen LogP contribution in [0.4, 0.5) is 0 Å². The van der Waals surface area contributed by atoms with Gasteiger partial charge in [-0.3, -0.25) is 0 Å². The van der Waals surface area contributed by atoms with Crippen LogP contribution in [-0.4, -0.2) is 54.1 Å². The van der Waals surface area contributed by atoms with E-state index in [2.05, 4.69) is 5.32 Å². The van der Waals surface area contributed by atoms with E-state index in [4.69, 9.17) is 9.47 Å². The van der Waals surface area contributed by atoms with Crippen molar-refractivity contribution in [1.82, 2.24) is 9.62 Å². The molecular weight excluding hydrogens is 280 g/mol. The molecule has 0 radical (unpaired) electrons. The first-order valence-corrected chi connectivity index (χ1v) is 7.66. The Bertz CT molecular complexity index is 558. The smallest absolute Gasteiger partial charge is 0.243 e. The lowest BCUT2D eigenvalue weighted by atomic mass is 10.2. The highest BCUT2D eigenvalue weighted by molar-refractivity contribution is 7.89. The number of nitrogens with one attached hydrogen (secondary N) is 1. The monoisotopic (exact) mass is 302 g/mol. The predicted octanol–water partition coefficient (Wildman–Crippen LogP) is 0.852. The second-order valence-electron chi connectivity index (χ2n) is 4.40. The van der Waals surface area contributed by atoms with Gasteiger partial charge in [-0.25, -0.2) is 8.42 Å². The summed E-state index contributed by atoms with van der Waals surface area (Å²) >= 11 is 0. The van der Waals surface area contributed by atoms with Crippen molar-refractivity contribution >= 4 is 10.0 Å². The number of ether oxygens (including phenoxy) is 2. The molecule has 0 aliphatic carbocycles. The van der Waals surface area contributed by atoms with Gasteiger partial charge >= 0.3 is 0 Å². The van der Waals surface area contributed by atoms with E-state index in [1.165, 1.54) is 24.6 Å². The highest BCUT2D eigenvalue weighted by Crippen LogP contribution is 2.33. The summed E-state index contributed by atoms with van der Waals surface area (Å²) in [4.78, 5) is 0.230. The van der Waals surface area contributed by atoms with Crippen molar-refractivity contribution in [1.29, 1.82) is 0 Å². The maximum Gasteiger partial charge on any atom is 0.243 e. The fourth-order valence-corrected chi connectivity index (χ4v) is 3.19. The van der Waals surface area contributed by atoms with E-state index < -0.39 is 10.0 Å². The number of nitrogens with zero attached hydrogens (tertiary/aromatic N) is 1. The summed E-state index contributed by atoms with van der Waals surface area (Å²) in [5.74, 6) is 0.917. The Labute approximate surface area is 120 Å². The normalized spacial score (nSPS) is 11.7. The number of benzene rings is 1. The number of hydrogen-bond donors (Lipinski definition) is 1. The molecule has 0 unspecified atom stereocenters. The standard InChI is InChI=1S/C13H22N2O4S/c1-10-8-11(18-4)12(19-5)9-13(10)20(16,17)15(3)7-6-14-2/h8-9,14H,6-7H2,1-5H3. The maximum absolute atomic E-state index is 12.5. The molecule has 0 amide bonds. The van der Waals surface area contributed by atoms with Crippen LogP contribution in [-0.2, 0) is 10.0 Å². The average Bonchev–Trinajstić information content (AvgIpc) is 2.43. The van der Waals surface area contributed by atoms with Crippen molar-refractivity contribution in [3.05, 3.63) is 17.7 Å². The molecule has 0 aliphatic rings. The van der Waals surface area contributed by atoms with Gasteiger partial charge < -0.3 is 14.8 Å². The van der Waals surface area contributed by atoms with Crippen LogP contribution in [0.3, 0.4) is 0 Å². The van der Waals surface area contributed by atoms with Crippen LogP contribution in [0.2, 0.25) is 0 Å². The molecule has 0 heterocycles. The molecule has 7 heteroatoms. The minimum Gasteiger partial charge on any atom is -0.493 e. The van der Waals surface area contributed by atoms with E-state index in [0.717, 1.165) is 0 Å². The average molecular weight is 302 g/mol. The SMILES string of the molecule is CNCCN(C)S(=O)(=O)c1cc(OC)c(OC)cc1C. The number of sulfonamides is 1. The molecular formula is C13H22N2O4S. The Morgan fingerprint density at radius 3 is 2.25 bits per heavy atom. The molecule has 114 valence electrons. The van der Waals surface area contributed by atoms with E-state index >= 15 is 0 Å². The molecule has 0 aliphatic heterocycles. The van der Waals surface area contributed by atoms with E-state index in [1.807, 2.05) is 0 Å². The Balaban J connectivity index is 3.24. The van der Waals surface area contributed by atoms with Crippen molar-refractivity contribution in [2.75, 3.05) is 41.4 Å². The van der Waals surface area contributed by atoms with E-state index in [1.54, 1.807) is 27.1 Å². The lowest BCUT2D eigenvalue weighted by Gasteiger charge is -2.19. The first-order chi connectivity index (χ1) is 9.38. The summed E-state index contributed by atoms with van der Waals surface area (Å²) in [6, 6.07) is 3.16. The summed E-state index contributed by atoms with van der Waals surface area (Å²) in [5.41, 5.74) is 0.624. The third-order valence-electron chi connectivity index (χ3n) is 3.05. The minimum atomic E-state index is -3.54. The second-order valence-corrected chi connectivity index (χ2v) is 6.42. The summed E-state index contributed by atoms with van der Waals surface area (Å²) in [6.45, 7) is 2.72. The lowest BCUT2D eigenvalue weighted by molar-refractivity contribution is 0.353. The van der Waals surface area contributed by atoms with Gasteiger partial charge in [-0.2, -0.15) is 4.31 Å². The van der Waals surface area contributed by atoms with Gasteiger partial charge in [-0.05, 0) is 25.6 Å². The Kier molecular flexibility index (Phi) is 5.79. The van der Waals surface area contributed by atoms with Gasteiger partial charge in [-0.1, -0.05) is 0 Å². The minimum absolute atomic E-state index is 0.230. The van der Waals surface area contributed by atoms with Gasteiger partial charge in [0.25, 0.3) is 0 Å². The first-order valence-electron chi connectivity index (χ1n) is 6.22. The van der Waals surface area contributed by atoms with Crippen LogP contribution in [0.5, 0.6) is 11.5 Å². The van der Waals surface area contributed by atoms with Gasteiger partial charge in [0, 0.05) is 26.2 Å². The Morgan fingerprint density at radius 1 is 1.20 bits per heavy atom. The zero-order valence-electron chi connectivity index (χ0n) is 12.6. The van der Waals surface area contributed by atoms with E-state index in [-0.39, 0.29) is 4.90 Å². The fraction of sp³-hybridized carbons (Fsp3) is 0.538. The van der Waals surface area contributed by atoms with Crippen molar-refractivity contribution in [2.45, 2.75) is 11.8 Å². The van der Waals surface area contributed by atoms with E-state index in [9.17, 15) is 8.42 Å². The molecule has 1 rings (SSSR count). The summed E-state index contributed by atoms with van der Waals surface area (Å²) < 4.78 is 36.7. The molecule has 0 spiro atoms. The highest BCUT2D eigenvalue weighted by atomic mass is 32.2. The molecule has 0 saturated heterocycles. The lowest BCUT2D eigenvalue weighted by Crippen LogP contribution is -2.33. The van der Waals surface area contributed by atoms with Crippen LogP contribution in [0.1, 0.15) is 5.56 Å². The van der Waals surface area contributed by atoms with Crippen LogP contribution in [0, 0.1) is 6.92 Å². The van der Waals surface area contributed by atoms with Gasteiger partial charge in [-0.15, -0.1) is 0 Å². The van der Waals surface area contributed by atoms with Gasteiger partial charge in [0.2, 0.25) is 10.0 Å². The Hall–Kier alpha value is -1.31. The molecule has 0 bridgehead atoms. The molecule has 1 aromatic carbocycles. The summed E-state index contributed by atoms with van der Waals surface area (Å²) in [7, 11) is 2.80. The Morgan fingerprint density at radius 2 is 1.75 bits per heavy atom. The first kappa shape index (κ1) is 16.7.